The standard InChI is InChI=1S/C21H14N2O2S/c22-15-18(17-8-10-19(11-9-17)23(24)25)14-16-6-12-21(13-7-16)26-20-4-2-1-3-5-20/h1-14H/b18-14-. The maximum atomic E-state index is 10.7. The summed E-state index contributed by atoms with van der Waals surface area (Å²) in [5.74, 6) is 0. The topological polar surface area (TPSA) is 66.9 Å². The van der Waals surface area contributed by atoms with Crippen LogP contribution in [0.5, 0.6) is 0 Å². The van der Waals surface area contributed by atoms with Gasteiger partial charge < -0.3 is 0 Å². The van der Waals surface area contributed by atoms with Crippen molar-refractivity contribution >= 4 is 29.1 Å². The SMILES string of the molecule is N#C/C(=C/c1ccc(Sc2ccccc2)cc1)c1ccc([N+](=O)[O-])cc1. The highest BCUT2D eigenvalue weighted by Gasteiger charge is 2.07. The molecule has 0 aromatic heterocycles. The van der Waals surface area contributed by atoms with Crippen LogP contribution >= 0.6 is 11.8 Å². The van der Waals surface area contributed by atoms with Gasteiger partial charge in [0.1, 0.15) is 0 Å². The van der Waals surface area contributed by atoms with Crippen molar-refractivity contribution in [3.63, 3.8) is 0 Å². The average molecular weight is 358 g/mol. The lowest BCUT2D eigenvalue weighted by Gasteiger charge is -2.03. The maximum absolute atomic E-state index is 10.7. The normalized spacial score (nSPS) is 11.0. The second kappa shape index (κ2) is 8.15. The third-order valence-electron chi connectivity index (χ3n) is 3.68. The van der Waals surface area contributed by atoms with E-state index in [9.17, 15) is 15.4 Å². The monoisotopic (exact) mass is 358 g/mol. The quantitative estimate of drug-likeness (QED) is 0.250. The van der Waals surface area contributed by atoms with Crippen molar-refractivity contribution in [1.82, 2.24) is 0 Å². The largest absolute Gasteiger partial charge is 0.269 e. The first-order valence-electron chi connectivity index (χ1n) is 7.85. The third kappa shape index (κ3) is 4.38. The smallest absolute Gasteiger partial charge is 0.258 e. The van der Waals surface area contributed by atoms with Gasteiger partial charge in [0.05, 0.1) is 16.6 Å². The van der Waals surface area contributed by atoms with Crippen LogP contribution in [-0.2, 0) is 0 Å². The summed E-state index contributed by atoms with van der Waals surface area (Å²) in [5, 5.41) is 20.1. The molecule has 0 radical (unpaired) electrons. The molecule has 126 valence electrons. The molecular weight excluding hydrogens is 344 g/mol. The number of allylic oxidation sites excluding steroid dienone is 1. The predicted molar refractivity (Wildman–Crippen MR) is 104 cm³/mol. The van der Waals surface area contributed by atoms with Gasteiger partial charge in [0.2, 0.25) is 0 Å². The second-order valence-corrected chi connectivity index (χ2v) is 6.60. The summed E-state index contributed by atoms with van der Waals surface area (Å²) in [5.41, 5.74) is 2.02. The van der Waals surface area contributed by atoms with Crippen molar-refractivity contribution in [2.75, 3.05) is 0 Å². The molecule has 0 N–H and O–H groups in total. The highest BCUT2D eigenvalue weighted by atomic mass is 32.2. The Bertz CT molecular complexity index is 973. The first-order valence-corrected chi connectivity index (χ1v) is 8.67. The molecule has 0 amide bonds. The van der Waals surface area contributed by atoms with Gasteiger partial charge in [-0.2, -0.15) is 5.26 Å². The van der Waals surface area contributed by atoms with Crippen LogP contribution in [0.2, 0.25) is 0 Å². The molecule has 0 spiro atoms. The molecule has 4 nitrogen and oxygen atoms in total. The zero-order chi connectivity index (χ0) is 18.4. The average Bonchev–Trinajstić information content (AvgIpc) is 2.68. The number of hydrogen-bond acceptors (Lipinski definition) is 4. The lowest BCUT2D eigenvalue weighted by molar-refractivity contribution is -0.384. The number of nitrogens with zero attached hydrogens (tertiary/aromatic N) is 2. The van der Waals surface area contributed by atoms with E-state index in [1.165, 1.54) is 17.0 Å². The summed E-state index contributed by atoms with van der Waals surface area (Å²) >= 11 is 1.67. The van der Waals surface area contributed by atoms with E-state index in [0.29, 0.717) is 11.1 Å². The van der Waals surface area contributed by atoms with Crippen LogP contribution in [0.25, 0.3) is 11.6 Å². The molecule has 0 aliphatic heterocycles. The summed E-state index contributed by atoms with van der Waals surface area (Å²) in [6.45, 7) is 0. The maximum Gasteiger partial charge on any atom is 0.269 e. The van der Waals surface area contributed by atoms with Crippen molar-refractivity contribution in [2.45, 2.75) is 9.79 Å². The number of non-ortho nitro benzene ring substituents is 1. The number of hydrogen-bond donors (Lipinski definition) is 0. The van der Waals surface area contributed by atoms with E-state index in [1.807, 2.05) is 42.5 Å². The fourth-order valence-electron chi connectivity index (χ4n) is 2.37. The van der Waals surface area contributed by atoms with Gasteiger partial charge in [-0.1, -0.05) is 42.1 Å². The molecule has 3 aromatic rings. The molecule has 0 saturated heterocycles. The van der Waals surface area contributed by atoms with E-state index in [2.05, 4.69) is 18.2 Å². The molecule has 3 rings (SSSR count). The van der Waals surface area contributed by atoms with Gasteiger partial charge in [0.25, 0.3) is 5.69 Å². The number of nitro benzene ring substituents is 1. The molecule has 0 aliphatic rings. The van der Waals surface area contributed by atoms with Crippen LogP contribution in [0, 0.1) is 21.4 Å². The molecular formula is C21H14N2O2S. The summed E-state index contributed by atoms with van der Waals surface area (Å²) < 4.78 is 0. The number of benzene rings is 3. The highest BCUT2D eigenvalue weighted by molar-refractivity contribution is 7.99. The van der Waals surface area contributed by atoms with Crippen molar-refractivity contribution < 1.29 is 4.92 Å². The molecule has 26 heavy (non-hydrogen) atoms. The van der Waals surface area contributed by atoms with Crippen LogP contribution in [0.1, 0.15) is 11.1 Å². The molecule has 0 heterocycles. The summed E-state index contributed by atoms with van der Waals surface area (Å²) in [6, 6.07) is 26.2. The minimum absolute atomic E-state index is 0.00771. The zero-order valence-electron chi connectivity index (χ0n) is 13.7. The van der Waals surface area contributed by atoms with Gasteiger partial charge in [-0.25, -0.2) is 0 Å². The fourth-order valence-corrected chi connectivity index (χ4v) is 3.20. The molecule has 3 aromatic carbocycles. The number of nitriles is 1. The van der Waals surface area contributed by atoms with Gasteiger partial charge in [0, 0.05) is 21.9 Å². The molecule has 0 atom stereocenters. The van der Waals surface area contributed by atoms with Gasteiger partial charge in [0.15, 0.2) is 0 Å². The summed E-state index contributed by atoms with van der Waals surface area (Å²) in [6.07, 6.45) is 1.78. The zero-order valence-corrected chi connectivity index (χ0v) is 14.5. The van der Waals surface area contributed by atoms with E-state index in [4.69, 9.17) is 0 Å². The minimum Gasteiger partial charge on any atom is -0.258 e. The van der Waals surface area contributed by atoms with E-state index < -0.39 is 4.92 Å². The predicted octanol–water partition coefficient (Wildman–Crippen LogP) is 5.81. The minimum atomic E-state index is -0.456. The number of rotatable bonds is 5. The third-order valence-corrected chi connectivity index (χ3v) is 4.70. The Morgan fingerprint density at radius 1 is 0.923 bits per heavy atom. The van der Waals surface area contributed by atoms with Gasteiger partial charge in [-0.15, -0.1) is 0 Å². The van der Waals surface area contributed by atoms with Crippen molar-refractivity contribution in [1.29, 1.82) is 5.26 Å². The second-order valence-electron chi connectivity index (χ2n) is 5.46. The Morgan fingerprint density at radius 3 is 2.12 bits per heavy atom. The summed E-state index contributed by atoms with van der Waals surface area (Å²) in [4.78, 5) is 12.6. The fraction of sp³-hybridized carbons (Fsp3) is 0. The molecule has 5 heteroatoms. The molecule has 0 fully saturated rings. The lowest BCUT2D eigenvalue weighted by atomic mass is 10.0. The summed E-state index contributed by atoms with van der Waals surface area (Å²) in [7, 11) is 0. The van der Waals surface area contributed by atoms with Crippen molar-refractivity contribution in [2.24, 2.45) is 0 Å². The van der Waals surface area contributed by atoms with E-state index >= 15 is 0 Å². The Labute approximate surface area is 155 Å². The van der Waals surface area contributed by atoms with Crippen molar-refractivity contribution in [3.8, 4) is 6.07 Å². The van der Waals surface area contributed by atoms with Crippen LogP contribution in [0.15, 0.2) is 88.7 Å². The first kappa shape index (κ1) is 17.5. The van der Waals surface area contributed by atoms with Crippen LogP contribution in [-0.4, -0.2) is 4.92 Å². The van der Waals surface area contributed by atoms with Crippen LogP contribution in [0.3, 0.4) is 0 Å². The van der Waals surface area contributed by atoms with Crippen LogP contribution in [0.4, 0.5) is 5.69 Å². The molecule has 0 unspecified atom stereocenters. The Hall–Kier alpha value is -3.36. The first-order chi connectivity index (χ1) is 12.7. The lowest BCUT2D eigenvalue weighted by Crippen LogP contribution is -1.88. The van der Waals surface area contributed by atoms with E-state index in [0.717, 1.165) is 10.5 Å². The Balaban J connectivity index is 1.79. The van der Waals surface area contributed by atoms with Crippen molar-refractivity contribution in [3.05, 3.63) is 100 Å². The van der Waals surface area contributed by atoms with Gasteiger partial charge >= 0.3 is 0 Å². The highest BCUT2D eigenvalue weighted by Crippen LogP contribution is 2.28. The van der Waals surface area contributed by atoms with Crippen LogP contribution < -0.4 is 0 Å². The molecule has 0 aliphatic carbocycles. The van der Waals surface area contributed by atoms with Gasteiger partial charge in [-0.05, 0) is 53.6 Å². The Kier molecular flexibility index (Phi) is 5.47. The Morgan fingerprint density at radius 2 is 1.54 bits per heavy atom. The number of nitro groups is 1. The van der Waals surface area contributed by atoms with Gasteiger partial charge in [-0.3, -0.25) is 10.1 Å². The molecule has 0 saturated carbocycles. The van der Waals surface area contributed by atoms with E-state index in [-0.39, 0.29) is 5.69 Å². The van der Waals surface area contributed by atoms with E-state index in [1.54, 1.807) is 30.0 Å². The molecule has 0 bridgehead atoms.